The first kappa shape index (κ1) is 38.7. The van der Waals surface area contributed by atoms with E-state index < -0.39 is 56.6 Å². The summed E-state index contributed by atoms with van der Waals surface area (Å²) in [5.74, 6) is -0.409. The van der Waals surface area contributed by atoms with Gasteiger partial charge >= 0.3 is 12.1 Å². The molecule has 0 bridgehead atoms. The minimum atomic E-state index is -1.33. The second-order valence-corrected chi connectivity index (χ2v) is 18.6. The quantitative estimate of drug-likeness (QED) is 0.178. The van der Waals surface area contributed by atoms with Gasteiger partial charge in [-0.05, 0) is 106 Å². The zero-order chi connectivity index (χ0) is 38.2. The molecule has 2 aliphatic rings. The monoisotopic (exact) mass is 690 g/mol. The van der Waals surface area contributed by atoms with E-state index in [1.54, 1.807) is 13.8 Å². The number of amides is 6. The molecule has 6 amide bonds. The number of nitrogens with one attached hydrogen (secondary N) is 2. The maximum absolute atomic E-state index is 13.9. The third-order valence-corrected chi connectivity index (χ3v) is 10.2. The Hall–Kier alpha value is -4.08. The average molecular weight is 691 g/mol. The summed E-state index contributed by atoms with van der Waals surface area (Å²) in [6.07, 6.45) is 0.751. The Morgan fingerprint density at radius 2 is 0.760 bits per heavy atom. The van der Waals surface area contributed by atoms with Crippen LogP contribution in [0.15, 0.2) is 24.3 Å². The van der Waals surface area contributed by atoms with Crippen LogP contribution in [0.3, 0.4) is 0 Å². The highest BCUT2D eigenvalue weighted by molar-refractivity contribution is 6.08. The number of carbonyl (C=O) groups is 4. The first-order chi connectivity index (χ1) is 22.5. The molecule has 2 aromatic carbocycles. The van der Waals surface area contributed by atoms with Crippen molar-refractivity contribution in [3.63, 3.8) is 0 Å². The van der Waals surface area contributed by atoms with Gasteiger partial charge in [-0.25, -0.2) is 9.59 Å². The molecule has 2 saturated heterocycles. The van der Waals surface area contributed by atoms with Crippen molar-refractivity contribution in [1.29, 1.82) is 0 Å². The minimum Gasteiger partial charge on any atom is -0.507 e. The molecular weight excluding hydrogens is 632 g/mol. The molecule has 2 heterocycles. The van der Waals surface area contributed by atoms with E-state index in [1.165, 1.54) is 9.80 Å². The lowest BCUT2D eigenvalue weighted by atomic mass is 9.76. The van der Waals surface area contributed by atoms with Crippen LogP contribution in [-0.4, -0.2) is 57.0 Å². The number of carbonyl (C=O) groups excluding carboxylic acids is 4. The third-order valence-electron chi connectivity index (χ3n) is 10.2. The van der Waals surface area contributed by atoms with Crippen molar-refractivity contribution >= 4 is 23.9 Å². The van der Waals surface area contributed by atoms with Crippen LogP contribution in [0, 0.1) is 0 Å². The van der Waals surface area contributed by atoms with Crippen molar-refractivity contribution in [3.05, 3.63) is 57.6 Å². The Kier molecular flexibility index (Phi) is 9.53. The van der Waals surface area contributed by atoms with Crippen LogP contribution >= 0.6 is 0 Å². The molecule has 0 aromatic heterocycles. The molecular formula is C40H58N4O6. The lowest BCUT2D eigenvalue weighted by molar-refractivity contribution is -0.132. The number of rotatable bonds is 7. The van der Waals surface area contributed by atoms with Gasteiger partial charge in [-0.3, -0.25) is 19.4 Å². The Morgan fingerprint density at radius 1 is 0.520 bits per heavy atom. The van der Waals surface area contributed by atoms with Gasteiger partial charge in [-0.15, -0.1) is 0 Å². The largest absolute Gasteiger partial charge is 0.507 e. The van der Waals surface area contributed by atoms with Crippen LogP contribution < -0.4 is 10.6 Å². The van der Waals surface area contributed by atoms with Gasteiger partial charge in [0.05, 0.1) is 0 Å². The van der Waals surface area contributed by atoms with E-state index >= 15 is 0 Å². The molecule has 2 aliphatic heterocycles. The van der Waals surface area contributed by atoms with Crippen molar-refractivity contribution in [2.24, 2.45) is 0 Å². The van der Waals surface area contributed by atoms with Gasteiger partial charge < -0.3 is 20.8 Å². The van der Waals surface area contributed by atoms with Crippen LogP contribution in [0.4, 0.5) is 9.59 Å². The van der Waals surface area contributed by atoms with Crippen molar-refractivity contribution in [3.8, 4) is 11.5 Å². The van der Waals surface area contributed by atoms with Crippen molar-refractivity contribution < 1.29 is 29.4 Å². The summed E-state index contributed by atoms with van der Waals surface area (Å²) >= 11 is 0. The molecule has 0 aliphatic carbocycles. The number of phenols is 2. The number of hydrogen-bond donors (Lipinski definition) is 4. The fraction of sp³-hybridized carbons (Fsp3) is 0.600. The van der Waals surface area contributed by atoms with Gasteiger partial charge in [-0.1, -0.05) is 83.1 Å². The zero-order valence-corrected chi connectivity index (χ0v) is 32.6. The zero-order valence-electron chi connectivity index (χ0n) is 32.6. The number of hydrogen-bond acceptors (Lipinski definition) is 6. The summed E-state index contributed by atoms with van der Waals surface area (Å²) in [5.41, 5.74) is -0.348. The molecule has 4 rings (SSSR count). The standard InChI is InChI=1S/C40H58N4O6/c1-35(2,3)25-19-23(20-26(29(25)45)36(4,5)6)39(13)31(47)43(33(49)41-39)17-15-16-18-44-32(48)40(14,42-34(44)50)24-21-27(37(7,8)9)30(46)28(22-24)38(10,11)12/h19-22,45-46H,15-18H2,1-14H3,(H,41,49)(H,42,50). The molecule has 2 fully saturated rings. The Labute approximate surface area is 298 Å². The van der Waals surface area contributed by atoms with Crippen LogP contribution in [-0.2, 0) is 42.3 Å². The highest BCUT2D eigenvalue weighted by Crippen LogP contribution is 2.44. The number of benzene rings is 2. The topological polar surface area (TPSA) is 139 Å². The summed E-state index contributed by atoms with van der Waals surface area (Å²) in [5, 5.41) is 28.2. The molecule has 0 radical (unpaired) electrons. The second kappa shape index (κ2) is 12.3. The smallest absolute Gasteiger partial charge is 0.325 e. The van der Waals surface area contributed by atoms with Gasteiger partial charge in [0.2, 0.25) is 0 Å². The van der Waals surface area contributed by atoms with Crippen molar-refractivity contribution in [2.75, 3.05) is 13.1 Å². The molecule has 2 unspecified atom stereocenters. The Balaban J connectivity index is 1.52. The van der Waals surface area contributed by atoms with E-state index in [2.05, 4.69) is 10.6 Å². The van der Waals surface area contributed by atoms with Crippen LogP contribution in [0.1, 0.15) is 143 Å². The molecule has 10 heteroatoms. The number of aromatic hydroxyl groups is 2. The number of imide groups is 2. The Bertz CT molecular complexity index is 1540. The van der Waals surface area contributed by atoms with Gasteiger partial charge in [0.1, 0.15) is 22.6 Å². The second-order valence-electron chi connectivity index (χ2n) is 18.6. The lowest BCUT2D eigenvalue weighted by Crippen LogP contribution is -2.42. The van der Waals surface area contributed by atoms with Gasteiger partial charge in [-0.2, -0.15) is 0 Å². The van der Waals surface area contributed by atoms with E-state index in [4.69, 9.17) is 0 Å². The summed E-state index contributed by atoms with van der Waals surface area (Å²) in [4.78, 5) is 56.6. The SMILES string of the molecule is CC(C)(C)c1cc(C2(C)NC(=O)N(CCCCN3C(=O)NC(C)(c4cc(C(C)(C)C)c(O)c(C(C)(C)C)c4)C3=O)C2=O)cc(C(C)(C)C)c1O. The van der Waals surface area contributed by atoms with Gasteiger partial charge in [0, 0.05) is 13.1 Å². The fourth-order valence-electron chi connectivity index (χ4n) is 6.86. The van der Waals surface area contributed by atoms with Crippen molar-refractivity contribution in [1.82, 2.24) is 20.4 Å². The maximum Gasteiger partial charge on any atom is 0.325 e. The van der Waals surface area contributed by atoms with E-state index in [1.807, 2.05) is 107 Å². The minimum absolute atomic E-state index is 0.110. The first-order valence-electron chi connectivity index (χ1n) is 17.6. The van der Waals surface area contributed by atoms with Gasteiger partial charge in [0.15, 0.2) is 0 Å². The van der Waals surface area contributed by atoms with Crippen LogP contribution in [0.2, 0.25) is 0 Å². The summed E-state index contributed by atoms with van der Waals surface area (Å²) in [6.45, 7) is 27.5. The predicted octanol–water partition coefficient (Wildman–Crippen LogP) is 7.30. The maximum atomic E-state index is 13.9. The van der Waals surface area contributed by atoms with E-state index in [0.29, 0.717) is 46.2 Å². The lowest BCUT2D eigenvalue weighted by Gasteiger charge is -2.31. The number of unbranched alkanes of at least 4 members (excludes halogenated alkanes) is 1. The van der Waals surface area contributed by atoms with Crippen molar-refractivity contribution in [2.45, 2.75) is 143 Å². The summed E-state index contributed by atoms with van der Waals surface area (Å²) in [7, 11) is 0. The molecule has 2 atom stereocenters. The molecule has 4 N–H and O–H groups in total. The summed E-state index contributed by atoms with van der Waals surface area (Å²) < 4.78 is 0. The van der Waals surface area contributed by atoms with E-state index in [9.17, 15) is 29.4 Å². The van der Waals surface area contributed by atoms with Crippen LogP contribution in [0.25, 0.3) is 0 Å². The number of urea groups is 2. The molecule has 0 saturated carbocycles. The summed E-state index contributed by atoms with van der Waals surface area (Å²) in [6, 6.07) is 6.21. The molecule has 0 spiro atoms. The highest BCUT2D eigenvalue weighted by atomic mass is 16.3. The normalized spacial score (nSPS) is 22.0. The molecule has 50 heavy (non-hydrogen) atoms. The molecule has 10 nitrogen and oxygen atoms in total. The Morgan fingerprint density at radius 3 is 0.980 bits per heavy atom. The fourth-order valence-corrected chi connectivity index (χ4v) is 6.86. The predicted molar refractivity (Wildman–Crippen MR) is 195 cm³/mol. The molecule has 2 aromatic rings. The van der Waals surface area contributed by atoms with E-state index in [-0.39, 0.29) is 24.6 Å². The number of nitrogens with zero attached hydrogens (tertiary/aromatic N) is 2. The third kappa shape index (κ3) is 6.82. The number of phenolic OH excluding ortho intramolecular Hbond substituents is 2. The average Bonchev–Trinajstić information content (AvgIpc) is 3.31. The highest BCUT2D eigenvalue weighted by Gasteiger charge is 2.51. The molecule has 274 valence electrons. The first-order valence-corrected chi connectivity index (χ1v) is 17.6. The van der Waals surface area contributed by atoms with Crippen LogP contribution in [0.5, 0.6) is 11.5 Å². The van der Waals surface area contributed by atoms with Gasteiger partial charge in [0.25, 0.3) is 11.8 Å². The van der Waals surface area contributed by atoms with E-state index in [0.717, 1.165) is 0 Å².